The van der Waals surface area contributed by atoms with Crippen LogP contribution in [0.25, 0.3) is 11.4 Å². The Morgan fingerprint density at radius 1 is 1.09 bits per heavy atom. The Labute approximate surface area is 204 Å². The van der Waals surface area contributed by atoms with Crippen LogP contribution in [0, 0.1) is 0 Å². The summed E-state index contributed by atoms with van der Waals surface area (Å²) < 4.78 is 6.92. The van der Waals surface area contributed by atoms with E-state index in [9.17, 15) is 9.59 Å². The van der Waals surface area contributed by atoms with E-state index in [2.05, 4.69) is 55.0 Å². The van der Waals surface area contributed by atoms with Crippen LogP contribution in [0.15, 0.2) is 66.3 Å². The van der Waals surface area contributed by atoms with Gasteiger partial charge in [0.15, 0.2) is 11.0 Å². The lowest BCUT2D eigenvalue weighted by Gasteiger charge is -2.19. The zero-order valence-corrected chi connectivity index (χ0v) is 20.8. The quantitative estimate of drug-likeness (QED) is 0.254. The van der Waals surface area contributed by atoms with Gasteiger partial charge in [-0.25, -0.2) is 4.79 Å². The Morgan fingerprint density at radius 3 is 2.35 bits per heavy atom. The number of hydrogen-bond acceptors (Lipinski definition) is 6. The first-order valence-electron chi connectivity index (χ1n) is 11.1. The molecule has 0 atom stereocenters. The van der Waals surface area contributed by atoms with Crippen molar-refractivity contribution in [3.8, 4) is 11.4 Å². The van der Waals surface area contributed by atoms with Crippen LogP contribution in [0.3, 0.4) is 0 Å². The molecule has 34 heavy (non-hydrogen) atoms. The molecule has 7 nitrogen and oxygen atoms in total. The van der Waals surface area contributed by atoms with E-state index in [1.54, 1.807) is 37.3 Å². The second kappa shape index (κ2) is 11.2. The molecule has 0 saturated carbocycles. The summed E-state index contributed by atoms with van der Waals surface area (Å²) >= 11 is 1.31. The first-order chi connectivity index (χ1) is 16.2. The van der Waals surface area contributed by atoms with Crippen molar-refractivity contribution >= 4 is 29.3 Å². The zero-order chi connectivity index (χ0) is 24.7. The Balaban J connectivity index is 1.66. The minimum absolute atomic E-state index is 0.0703. The number of rotatable bonds is 9. The van der Waals surface area contributed by atoms with Gasteiger partial charge in [0, 0.05) is 17.8 Å². The molecule has 0 spiro atoms. The molecule has 3 rings (SSSR count). The van der Waals surface area contributed by atoms with Gasteiger partial charge in [-0.15, -0.1) is 16.8 Å². The predicted molar refractivity (Wildman–Crippen MR) is 136 cm³/mol. The van der Waals surface area contributed by atoms with E-state index < -0.39 is 0 Å². The highest BCUT2D eigenvalue weighted by molar-refractivity contribution is 7.99. The van der Waals surface area contributed by atoms with Crippen molar-refractivity contribution < 1.29 is 14.3 Å². The monoisotopic (exact) mass is 478 g/mol. The van der Waals surface area contributed by atoms with E-state index in [1.165, 1.54) is 17.3 Å². The molecule has 0 saturated heterocycles. The molecule has 0 aliphatic rings. The van der Waals surface area contributed by atoms with E-state index in [4.69, 9.17) is 4.74 Å². The third-order valence-electron chi connectivity index (χ3n) is 5.05. The molecule has 0 unspecified atom stereocenters. The topological polar surface area (TPSA) is 86.1 Å². The number of esters is 1. The summed E-state index contributed by atoms with van der Waals surface area (Å²) in [5.41, 5.74) is 3.31. The highest BCUT2D eigenvalue weighted by Crippen LogP contribution is 2.28. The van der Waals surface area contributed by atoms with Crippen LogP contribution in [0.2, 0.25) is 0 Å². The summed E-state index contributed by atoms with van der Waals surface area (Å²) in [7, 11) is 0. The molecule has 1 heterocycles. The highest BCUT2D eigenvalue weighted by atomic mass is 32.2. The number of amides is 1. The van der Waals surface area contributed by atoms with Gasteiger partial charge in [0.25, 0.3) is 0 Å². The smallest absolute Gasteiger partial charge is 0.338 e. The maximum Gasteiger partial charge on any atom is 0.338 e. The van der Waals surface area contributed by atoms with Crippen LogP contribution in [0.1, 0.15) is 43.6 Å². The van der Waals surface area contributed by atoms with Gasteiger partial charge in [0.05, 0.1) is 17.9 Å². The fourth-order valence-electron chi connectivity index (χ4n) is 3.25. The molecule has 0 aliphatic heterocycles. The van der Waals surface area contributed by atoms with E-state index in [-0.39, 0.29) is 23.0 Å². The molecule has 0 aliphatic carbocycles. The Morgan fingerprint density at radius 2 is 1.76 bits per heavy atom. The van der Waals surface area contributed by atoms with Gasteiger partial charge >= 0.3 is 5.97 Å². The second-order valence-corrected chi connectivity index (χ2v) is 9.61. The molecule has 0 radical (unpaired) electrons. The van der Waals surface area contributed by atoms with E-state index >= 15 is 0 Å². The average molecular weight is 479 g/mol. The van der Waals surface area contributed by atoms with Crippen LogP contribution in [0.4, 0.5) is 5.69 Å². The summed E-state index contributed by atoms with van der Waals surface area (Å²) in [6.45, 7) is 13.0. The molecule has 0 fully saturated rings. The van der Waals surface area contributed by atoms with Gasteiger partial charge in [-0.1, -0.05) is 62.9 Å². The van der Waals surface area contributed by atoms with E-state index in [0.717, 1.165) is 11.4 Å². The third kappa shape index (κ3) is 6.35. The fourth-order valence-corrected chi connectivity index (χ4v) is 4.00. The number of carbonyl (C=O) groups excluding carboxylic acids is 2. The van der Waals surface area contributed by atoms with E-state index in [0.29, 0.717) is 29.6 Å². The summed E-state index contributed by atoms with van der Waals surface area (Å²) in [6.07, 6.45) is 1.78. The average Bonchev–Trinajstić information content (AvgIpc) is 3.20. The van der Waals surface area contributed by atoms with Crippen LogP contribution in [0.5, 0.6) is 0 Å². The van der Waals surface area contributed by atoms with Crippen LogP contribution < -0.4 is 5.32 Å². The number of hydrogen-bond donors (Lipinski definition) is 1. The lowest BCUT2D eigenvalue weighted by atomic mass is 9.87. The Kier molecular flexibility index (Phi) is 8.28. The number of ether oxygens (including phenoxy) is 1. The standard InChI is InChI=1S/C26H30N4O3S/c1-6-16-30-23(18-8-12-20(13-9-18)26(3,4)5)28-29-25(30)34-17-22(31)27-21-14-10-19(11-15-21)24(32)33-7-2/h6,8-15H,1,7,16-17H2,2-5H3,(H,27,31). The predicted octanol–water partition coefficient (Wildman–Crippen LogP) is 5.34. The largest absolute Gasteiger partial charge is 0.462 e. The van der Waals surface area contributed by atoms with Gasteiger partial charge in [-0.05, 0) is 42.2 Å². The number of thioether (sulfide) groups is 1. The lowest BCUT2D eigenvalue weighted by molar-refractivity contribution is -0.113. The van der Waals surface area contributed by atoms with Crippen LogP contribution in [-0.4, -0.2) is 39.0 Å². The molecule has 1 aromatic heterocycles. The van der Waals surface area contributed by atoms with Crippen molar-refractivity contribution in [3.05, 3.63) is 72.3 Å². The van der Waals surface area contributed by atoms with Crippen molar-refractivity contribution in [1.82, 2.24) is 14.8 Å². The van der Waals surface area contributed by atoms with Gasteiger partial charge in [0.1, 0.15) is 0 Å². The lowest BCUT2D eigenvalue weighted by Crippen LogP contribution is -2.15. The first-order valence-corrected chi connectivity index (χ1v) is 12.1. The van der Waals surface area contributed by atoms with Gasteiger partial charge in [-0.3, -0.25) is 9.36 Å². The normalized spacial score (nSPS) is 11.2. The zero-order valence-electron chi connectivity index (χ0n) is 20.0. The van der Waals surface area contributed by atoms with Gasteiger partial charge in [0.2, 0.25) is 5.91 Å². The van der Waals surface area contributed by atoms with Crippen molar-refractivity contribution in [1.29, 1.82) is 0 Å². The maximum absolute atomic E-state index is 12.5. The number of nitrogens with one attached hydrogen (secondary N) is 1. The van der Waals surface area contributed by atoms with Crippen molar-refractivity contribution in [2.75, 3.05) is 17.7 Å². The maximum atomic E-state index is 12.5. The number of aromatic nitrogens is 3. The summed E-state index contributed by atoms with van der Waals surface area (Å²) in [6, 6.07) is 14.9. The van der Waals surface area contributed by atoms with Gasteiger partial charge in [-0.2, -0.15) is 0 Å². The molecule has 3 aromatic rings. The molecular formula is C26H30N4O3S. The van der Waals surface area contributed by atoms with Crippen molar-refractivity contribution in [3.63, 3.8) is 0 Å². The summed E-state index contributed by atoms with van der Waals surface area (Å²) in [5, 5.41) is 12.1. The molecule has 0 bridgehead atoms. The number of allylic oxidation sites excluding steroid dienone is 1. The summed E-state index contributed by atoms with van der Waals surface area (Å²) in [5.74, 6) is 0.329. The summed E-state index contributed by atoms with van der Waals surface area (Å²) in [4.78, 5) is 24.2. The minimum Gasteiger partial charge on any atom is -0.462 e. The number of carbonyl (C=O) groups is 2. The Hall–Kier alpha value is -3.39. The van der Waals surface area contributed by atoms with Crippen molar-refractivity contribution in [2.45, 2.75) is 44.8 Å². The molecule has 1 N–H and O–H groups in total. The molecule has 8 heteroatoms. The molecule has 2 aromatic carbocycles. The fraction of sp³-hybridized carbons (Fsp3) is 0.308. The highest BCUT2D eigenvalue weighted by Gasteiger charge is 2.17. The molecule has 1 amide bonds. The van der Waals surface area contributed by atoms with Crippen LogP contribution >= 0.6 is 11.8 Å². The number of anilines is 1. The number of nitrogens with zero attached hydrogens (tertiary/aromatic N) is 3. The molecular weight excluding hydrogens is 448 g/mol. The van der Waals surface area contributed by atoms with Crippen molar-refractivity contribution in [2.24, 2.45) is 0 Å². The minimum atomic E-state index is -0.388. The van der Waals surface area contributed by atoms with Crippen LogP contribution in [-0.2, 0) is 21.5 Å². The van der Waals surface area contributed by atoms with E-state index in [1.807, 2.05) is 16.7 Å². The first kappa shape index (κ1) is 25.2. The molecule has 178 valence electrons. The second-order valence-electron chi connectivity index (χ2n) is 8.67. The Bertz CT molecular complexity index is 1150. The van der Waals surface area contributed by atoms with Gasteiger partial charge < -0.3 is 10.1 Å². The number of benzene rings is 2. The SMILES string of the molecule is C=CCn1c(SCC(=O)Nc2ccc(C(=O)OCC)cc2)nnc1-c1ccc(C(C)(C)C)cc1. The third-order valence-corrected chi connectivity index (χ3v) is 6.02.